The highest BCUT2D eigenvalue weighted by Gasteiger charge is 2.36. The molecule has 1 aliphatic rings. The molecule has 0 bridgehead atoms. The van der Waals surface area contributed by atoms with Crippen LogP contribution in [-0.4, -0.2) is 35.0 Å². The van der Waals surface area contributed by atoms with E-state index in [9.17, 15) is 19.2 Å². The van der Waals surface area contributed by atoms with E-state index in [1.165, 1.54) is 25.1 Å². The number of anilines is 1. The number of barbiturate groups is 1. The maximum absolute atomic E-state index is 12.8. The number of carboxylic acid groups (broad SMARTS) is 1. The summed E-state index contributed by atoms with van der Waals surface area (Å²) in [5, 5.41) is 11.0. The van der Waals surface area contributed by atoms with E-state index in [1.54, 1.807) is 36.4 Å². The third kappa shape index (κ3) is 4.52. The molecule has 4 amide bonds. The molecule has 0 saturated carbocycles. The number of urea groups is 1. The van der Waals surface area contributed by atoms with E-state index >= 15 is 0 Å². The van der Waals surface area contributed by atoms with E-state index < -0.39 is 29.9 Å². The molecular formula is C20H15BrN2O6. The number of imide groups is 2. The van der Waals surface area contributed by atoms with Gasteiger partial charge in [-0.05, 0) is 48.9 Å². The van der Waals surface area contributed by atoms with Gasteiger partial charge in [-0.3, -0.25) is 14.9 Å². The average molecular weight is 459 g/mol. The molecule has 1 unspecified atom stereocenters. The van der Waals surface area contributed by atoms with Gasteiger partial charge in [-0.1, -0.05) is 34.1 Å². The number of carbonyl (C=O) groups excluding carboxylic acids is 3. The molecule has 2 N–H and O–H groups in total. The van der Waals surface area contributed by atoms with Crippen LogP contribution >= 0.6 is 15.9 Å². The molecule has 1 atom stereocenters. The third-order valence-electron chi connectivity index (χ3n) is 4.02. The molecule has 0 spiro atoms. The SMILES string of the molecule is CC(Oc1ccc(/C=C2/C(=O)NC(=O)N(c3cccc(Br)c3)C2=O)cc1)C(=O)O. The Labute approximate surface area is 173 Å². The molecule has 8 nitrogen and oxygen atoms in total. The van der Waals surface area contributed by atoms with Gasteiger partial charge < -0.3 is 9.84 Å². The second kappa shape index (κ2) is 8.27. The predicted molar refractivity (Wildman–Crippen MR) is 107 cm³/mol. The molecule has 9 heteroatoms. The Kier molecular flexibility index (Phi) is 5.79. The van der Waals surface area contributed by atoms with Crippen LogP contribution in [0.25, 0.3) is 6.08 Å². The third-order valence-corrected chi connectivity index (χ3v) is 4.51. The summed E-state index contributed by atoms with van der Waals surface area (Å²) in [6.45, 7) is 1.40. The van der Waals surface area contributed by atoms with Crippen molar-refractivity contribution in [2.24, 2.45) is 0 Å². The number of nitrogens with one attached hydrogen (secondary N) is 1. The molecule has 3 rings (SSSR count). The number of rotatable bonds is 5. The standard InChI is InChI=1S/C20H15BrN2O6/c1-11(19(26)27)29-15-7-5-12(6-8-15)9-16-17(24)22-20(28)23(18(16)25)14-4-2-3-13(21)10-14/h2-11H,1H3,(H,26,27)(H,22,24,28)/b16-9-. The molecule has 29 heavy (non-hydrogen) atoms. The minimum absolute atomic E-state index is 0.211. The summed E-state index contributed by atoms with van der Waals surface area (Å²) in [7, 11) is 0. The molecule has 0 radical (unpaired) electrons. The zero-order chi connectivity index (χ0) is 21.1. The van der Waals surface area contributed by atoms with Crippen molar-refractivity contribution in [3.63, 3.8) is 0 Å². The van der Waals surface area contributed by atoms with E-state index in [-0.39, 0.29) is 5.57 Å². The lowest BCUT2D eigenvalue weighted by molar-refractivity contribution is -0.144. The van der Waals surface area contributed by atoms with Crippen LogP contribution in [0.1, 0.15) is 12.5 Å². The van der Waals surface area contributed by atoms with Crippen LogP contribution in [0.2, 0.25) is 0 Å². The lowest BCUT2D eigenvalue weighted by Crippen LogP contribution is -2.54. The summed E-state index contributed by atoms with van der Waals surface area (Å²) in [5.74, 6) is -2.33. The number of amides is 4. The number of ether oxygens (including phenoxy) is 1. The first-order valence-electron chi connectivity index (χ1n) is 8.43. The van der Waals surface area contributed by atoms with Gasteiger partial charge in [0.25, 0.3) is 11.8 Å². The number of hydrogen-bond donors (Lipinski definition) is 2. The highest BCUT2D eigenvalue weighted by Crippen LogP contribution is 2.25. The Bertz CT molecular complexity index is 1030. The molecule has 148 valence electrons. The summed E-state index contributed by atoms with van der Waals surface area (Å²) in [4.78, 5) is 48.9. The zero-order valence-electron chi connectivity index (χ0n) is 15.1. The van der Waals surface area contributed by atoms with Crippen molar-refractivity contribution in [3.05, 3.63) is 64.1 Å². The van der Waals surface area contributed by atoms with Crippen molar-refractivity contribution in [3.8, 4) is 5.75 Å². The normalized spacial score (nSPS) is 16.6. The maximum Gasteiger partial charge on any atom is 0.344 e. The number of halogens is 1. The molecule has 0 aliphatic carbocycles. The van der Waals surface area contributed by atoms with Gasteiger partial charge in [0.2, 0.25) is 0 Å². The minimum atomic E-state index is -1.10. The topological polar surface area (TPSA) is 113 Å². The molecular weight excluding hydrogens is 444 g/mol. The number of carboxylic acids is 1. The maximum atomic E-state index is 12.8. The summed E-state index contributed by atoms with van der Waals surface area (Å²) < 4.78 is 5.91. The summed E-state index contributed by atoms with van der Waals surface area (Å²) in [5.41, 5.74) is 0.603. The van der Waals surface area contributed by atoms with Crippen LogP contribution in [0.15, 0.2) is 58.6 Å². The summed E-state index contributed by atoms with van der Waals surface area (Å²) in [6.07, 6.45) is 0.328. The highest BCUT2D eigenvalue weighted by atomic mass is 79.9. The van der Waals surface area contributed by atoms with Crippen molar-refractivity contribution in [1.82, 2.24) is 5.32 Å². The largest absolute Gasteiger partial charge is 0.479 e. The molecule has 0 aromatic heterocycles. The van der Waals surface area contributed by atoms with Gasteiger partial charge in [0.05, 0.1) is 5.69 Å². The van der Waals surface area contributed by atoms with Gasteiger partial charge >= 0.3 is 12.0 Å². The summed E-state index contributed by atoms with van der Waals surface area (Å²) in [6, 6.07) is 11.9. The van der Waals surface area contributed by atoms with E-state index in [1.807, 2.05) is 0 Å². The fraction of sp³-hybridized carbons (Fsp3) is 0.100. The van der Waals surface area contributed by atoms with Gasteiger partial charge in [0.15, 0.2) is 6.10 Å². The first kappa shape index (κ1) is 20.3. The number of carbonyl (C=O) groups is 4. The van der Waals surface area contributed by atoms with Crippen molar-refractivity contribution in [2.45, 2.75) is 13.0 Å². The number of benzene rings is 2. The van der Waals surface area contributed by atoms with Gasteiger partial charge in [-0.15, -0.1) is 0 Å². The van der Waals surface area contributed by atoms with Gasteiger partial charge in [0.1, 0.15) is 11.3 Å². The quantitative estimate of drug-likeness (QED) is 0.525. The molecule has 1 fully saturated rings. The van der Waals surface area contributed by atoms with Gasteiger partial charge in [0, 0.05) is 4.47 Å². The van der Waals surface area contributed by atoms with Crippen LogP contribution in [0.4, 0.5) is 10.5 Å². The molecule has 2 aromatic rings. The minimum Gasteiger partial charge on any atom is -0.479 e. The smallest absolute Gasteiger partial charge is 0.344 e. The van der Waals surface area contributed by atoms with Crippen molar-refractivity contribution >= 4 is 51.5 Å². The first-order valence-corrected chi connectivity index (χ1v) is 9.22. The van der Waals surface area contributed by atoms with Crippen LogP contribution in [0, 0.1) is 0 Å². The highest BCUT2D eigenvalue weighted by molar-refractivity contribution is 9.10. The first-order chi connectivity index (χ1) is 13.8. The zero-order valence-corrected chi connectivity index (χ0v) is 16.7. The van der Waals surface area contributed by atoms with Crippen LogP contribution in [0.5, 0.6) is 5.75 Å². The fourth-order valence-electron chi connectivity index (χ4n) is 2.57. The van der Waals surface area contributed by atoms with Crippen molar-refractivity contribution in [1.29, 1.82) is 0 Å². The Morgan fingerprint density at radius 1 is 1.17 bits per heavy atom. The van der Waals surface area contributed by atoms with E-state index in [4.69, 9.17) is 9.84 Å². The lowest BCUT2D eigenvalue weighted by atomic mass is 10.1. The second-order valence-corrected chi connectivity index (χ2v) is 7.02. The Balaban J connectivity index is 1.87. The van der Waals surface area contributed by atoms with Gasteiger partial charge in [-0.25, -0.2) is 14.5 Å². The van der Waals surface area contributed by atoms with E-state index in [2.05, 4.69) is 21.2 Å². The van der Waals surface area contributed by atoms with Crippen molar-refractivity contribution < 1.29 is 29.0 Å². The summed E-state index contributed by atoms with van der Waals surface area (Å²) >= 11 is 3.28. The van der Waals surface area contributed by atoms with Crippen LogP contribution in [0.3, 0.4) is 0 Å². The molecule has 2 aromatic carbocycles. The number of aliphatic carboxylic acids is 1. The monoisotopic (exact) mass is 458 g/mol. The van der Waals surface area contributed by atoms with Crippen LogP contribution in [-0.2, 0) is 14.4 Å². The number of nitrogens with zero attached hydrogens (tertiary/aromatic N) is 1. The van der Waals surface area contributed by atoms with Crippen LogP contribution < -0.4 is 15.0 Å². The average Bonchev–Trinajstić information content (AvgIpc) is 2.66. The molecule has 1 aliphatic heterocycles. The van der Waals surface area contributed by atoms with E-state index in [0.717, 1.165) is 4.90 Å². The Morgan fingerprint density at radius 2 is 1.86 bits per heavy atom. The van der Waals surface area contributed by atoms with Gasteiger partial charge in [-0.2, -0.15) is 0 Å². The van der Waals surface area contributed by atoms with Crippen molar-refractivity contribution in [2.75, 3.05) is 4.90 Å². The Hall–Kier alpha value is -3.46. The molecule has 1 saturated heterocycles. The lowest BCUT2D eigenvalue weighted by Gasteiger charge is -2.26. The van der Waals surface area contributed by atoms with E-state index in [0.29, 0.717) is 21.5 Å². The predicted octanol–water partition coefficient (Wildman–Crippen LogP) is 2.97. The fourth-order valence-corrected chi connectivity index (χ4v) is 2.96. The second-order valence-electron chi connectivity index (χ2n) is 6.11. The molecule has 1 heterocycles. The Morgan fingerprint density at radius 3 is 2.48 bits per heavy atom. The number of hydrogen-bond acceptors (Lipinski definition) is 5.